The van der Waals surface area contributed by atoms with E-state index in [4.69, 9.17) is 0 Å². The number of hydrogen-bond acceptors (Lipinski definition) is 4. The van der Waals surface area contributed by atoms with Gasteiger partial charge in [0.05, 0.1) is 22.8 Å². The maximum atomic E-state index is 11.8. The molecule has 0 saturated heterocycles. The molecule has 0 radical (unpaired) electrons. The minimum Gasteiger partial charge on any atom is -0.335 e. The van der Waals surface area contributed by atoms with Gasteiger partial charge in [0.15, 0.2) is 0 Å². The number of nitrogens with one attached hydrogen (secondary N) is 1. The highest BCUT2D eigenvalue weighted by molar-refractivity contribution is 7.18. The number of aromatic nitrogens is 1. The van der Waals surface area contributed by atoms with Crippen LogP contribution in [0.15, 0.2) is 24.3 Å². The van der Waals surface area contributed by atoms with Gasteiger partial charge in [0.1, 0.15) is 5.01 Å². The first kappa shape index (κ1) is 19.1. The first-order valence-electron chi connectivity index (χ1n) is 5.89. The summed E-state index contributed by atoms with van der Waals surface area (Å²) in [5.41, 5.74) is 0.999. The van der Waals surface area contributed by atoms with Gasteiger partial charge < -0.3 is 10.2 Å². The zero-order valence-electron chi connectivity index (χ0n) is 11.6. The summed E-state index contributed by atoms with van der Waals surface area (Å²) in [4.78, 5) is 18.1. The molecule has 0 bridgehead atoms. The Morgan fingerprint density at radius 1 is 1.40 bits per heavy atom. The molecular formula is C13H19Cl2N3OS. The number of nitrogens with zero attached hydrogens (tertiary/aromatic N) is 2. The van der Waals surface area contributed by atoms with Crippen LogP contribution in [0.25, 0.3) is 10.2 Å². The molecule has 7 heteroatoms. The molecule has 1 unspecified atom stereocenters. The molecule has 20 heavy (non-hydrogen) atoms. The zero-order valence-corrected chi connectivity index (χ0v) is 14.1. The fourth-order valence-electron chi connectivity index (χ4n) is 1.73. The minimum absolute atomic E-state index is 0. The van der Waals surface area contributed by atoms with Gasteiger partial charge in [-0.3, -0.25) is 4.79 Å². The second-order valence-corrected chi connectivity index (χ2v) is 5.29. The normalized spacial score (nSPS) is 11.3. The number of benzene rings is 1. The lowest BCUT2D eigenvalue weighted by molar-refractivity contribution is -0.130. The molecule has 1 N–H and O–H groups in total. The molecule has 1 atom stereocenters. The molecule has 0 aliphatic heterocycles. The lowest BCUT2D eigenvalue weighted by Crippen LogP contribution is -2.35. The molecule has 0 aliphatic carbocycles. The molecule has 0 saturated carbocycles. The molecule has 1 aromatic heterocycles. The van der Waals surface area contributed by atoms with Crippen LogP contribution in [-0.2, 0) is 4.79 Å². The van der Waals surface area contributed by atoms with E-state index in [1.54, 1.807) is 23.3 Å². The largest absolute Gasteiger partial charge is 0.335 e. The summed E-state index contributed by atoms with van der Waals surface area (Å²) < 4.78 is 1.16. The van der Waals surface area contributed by atoms with Gasteiger partial charge in [0, 0.05) is 7.05 Å². The van der Waals surface area contributed by atoms with Crippen LogP contribution in [0.1, 0.15) is 18.0 Å². The molecular weight excluding hydrogens is 317 g/mol. The Bertz CT molecular complexity index is 528. The monoisotopic (exact) mass is 335 g/mol. The lowest BCUT2D eigenvalue weighted by Gasteiger charge is -2.23. The Labute approximate surface area is 135 Å². The number of rotatable bonds is 4. The highest BCUT2D eigenvalue weighted by Crippen LogP contribution is 2.28. The molecule has 2 aromatic rings. The van der Waals surface area contributed by atoms with E-state index in [9.17, 15) is 4.79 Å². The van der Waals surface area contributed by atoms with E-state index in [-0.39, 0.29) is 36.8 Å². The SMILES string of the molecule is CNCC(=O)N(C)C(C)c1nc2ccccc2s1.Cl.Cl. The average molecular weight is 336 g/mol. The molecule has 0 aliphatic rings. The van der Waals surface area contributed by atoms with Crippen LogP contribution in [0.4, 0.5) is 0 Å². The number of fused-ring (bicyclic) bond motifs is 1. The number of carbonyl (C=O) groups is 1. The fraction of sp³-hybridized carbons (Fsp3) is 0.385. The van der Waals surface area contributed by atoms with Gasteiger partial charge in [-0.25, -0.2) is 4.98 Å². The van der Waals surface area contributed by atoms with Crippen molar-refractivity contribution in [3.05, 3.63) is 29.3 Å². The Morgan fingerprint density at radius 2 is 2.05 bits per heavy atom. The van der Waals surface area contributed by atoms with Gasteiger partial charge in [0.25, 0.3) is 0 Å². The highest BCUT2D eigenvalue weighted by Gasteiger charge is 2.19. The zero-order chi connectivity index (χ0) is 13.1. The Balaban J connectivity index is 0.00000180. The van der Waals surface area contributed by atoms with Gasteiger partial charge in [-0.2, -0.15) is 0 Å². The summed E-state index contributed by atoms with van der Waals surface area (Å²) in [6.45, 7) is 2.36. The van der Waals surface area contributed by atoms with Crippen molar-refractivity contribution in [3.8, 4) is 0 Å². The summed E-state index contributed by atoms with van der Waals surface area (Å²) in [6, 6.07) is 8.04. The van der Waals surface area contributed by atoms with Crippen molar-refractivity contribution in [2.75, 3.05) is 20.6 Å². The summed E-state index contributed by atoms with van der Waals surface area (Å²) in [5, 5.41) is 3.85. The Hall–Kier alpha value is -0.880. The number of thiazole rings is 1. The number of para-hydroxylation sites is 1. The standard InChI is InChI=1S/C13H17N3OS.2ClH/c1-9(16(3)12(17)8-14-2)13-15-10-6-4-5-7-11(10)18-13;;/h4-7,9,14H,8H2,1-3H3;2*1H. The van der Waals surface area contributed by atoms with Crippen LogP contribution in [-0.4, -0.2) is 36.4 Å². The van der Waals surface area contributed by atoms with Crippen LogP contribution in [0.5, 0.6) is 0 Å². The molecule has 2 rings (SSSR count). The molecule has 4 nitrogen and oxygen atoms in total. The van der Waals surface area contributed by atoms with Gasteiger partial charge in [-0.1, -0.05) is 12.1 Å². The lowest BCUT2D eigenvalue weighted by atomic mass is 10.3. The van der Waals surface area contributed by atoms with Crippen molar-refractivity contribution in [1.82, 2.24) is 15.2 Å². The molecule has 0 spiro atoms. The number of halogens is 2. The van der Waals surface area contributed by atoms with E-state index in [0.29, 0.717) is 6.54 Å². The predicted molar refractivity (Wildman–Crippen MR) is 89.2 cm³/mol. The van der Waals surface area contributed by atoms with Gasteiger partial charge >= 0.3 is 0 Å². The highest BCUT2D eigenvalue weighted by atomic mass is 35.5. The maximum absolute atomic E-state index is 11.8. The molecule has 1 heterocycles. The van der Waals surface area contributed by atoms with E-state index < -0.39 is 0 Å². The summed E-state index contributed by atoms with van der Waals surface area (Å²) in [6.07, 6.45) is 0. The topological polar surface area (TPSA) is 45.2 Å². The van der Waals surface area contributed by atoms with Gasteiger partial charge in [0.2, 0.25) is 5.91 Å². The van der Waals surface area contributed by atoms with Crippen molar-refractivity contribution < 1.29 is 4.79 Å². The third kappa shape index (κ3) is 4.06. The van der Waals surface area contributed by atoms with Crippen LogP contribution >= 0.6 is 36.2 Å². The summed E-state index contributed by atoms with van der Waals surface area (Å²) >= 11 is 1.64. The van der Waals surface area contributed by atoms with E-state index in [2.05, 4.69) is 16.4 Å². The summed E-state index contributed by atoms with van der Waals surface area (Å²) in [7, 11) is 3.59. The second-order valence-electron chi connectivity index (χ2n) is 4.23. The van der Waals surface area contributed by atoms with Crippen LogP contribution in [0, 0.1) is 0 Å². The van der Waals surface area contributed by atoms with E-state index >= 15 is 0 Å². The average Bonchev–Trinajstić information content (AvgIpc) is 2.81. The maximum Gasteiger partial charge on any atom is 0.236 e. The van der Waals surface area contributed by atoms with Crippen molar-refractivity contribution >= 4 is 52.3 Å². The van der Waals surface area contributed by atoms with E-state index in [0.717, 1.165) is 15.2 Å². The van der Waals surface area contributed by atoms with Gasteiger partial charge in [-0.05, 0) is 26.1 Å². The second kappa shape index (κ2) is 8.42. The van der Waals surface area contributed by atoms with E-state index in [1.165, 1.54) is 0 Å². The third-order valence-electron chi connectivity index (χ3n) is 2.97. The van der Waals surface area contributed by atoms with Crippen molar-refractivity contribution in [2.45, 2.75) is 13.0 Å². The number of carbonyl (C=O) groups excluding carboxylic acids is 1. The molecule has 1 amide bonds. The van der Waals surface area contributed by atoms with Crippen LogP contribution < -0.4 is 5.32 Å². The van der Waals surface area contributed by atoms with Crippen molar-refractivity contribution in [3.63, 3.8) is 0 Å². The van der Waals surface area contributed by atoms with Gasteiger partial charge in [-0.15, -0.1) is 36.2 Å². The molecule has 112 valence electrons. The predicted octanol–water partition coefficient (Wildman–Crippen LogP) is 2.88. The Kier molecular flexibility index (Phi) is 8.05. The number of amides is 1. The number of likely N-dealkylation sites (N-methyl/N-ethyl adjacent to an activating group) is 2. The molecule has 0 fully saturated rings. The van der Waals surface area contributed by atoms with E-state index in [1.807, 2.05) is 32.2 Å². The minimum atomic E-state index is 0. The smallest absolute Gasteiger partial charge is 0.236 e. The first-order valence-corrected chi connectivity index (χ1v) is 6.71. The third-order valence-corrected chi connectivity index (χ3v) is 4.18. The quantitative estimate of drug-likeness (QED) is 0.934. The van der Waals surface area contributed by atoms with Crippen LogP contribution in [0.3, 0.4) is 0 Å². The first-order chi connectivity index (χ1) is 8.63. The number of hydrogen-bond donors (Lipinski definition) is 1. The van der Waals surface area contributed by atoms with Crippen LogP contribution in [0.2, 0.25) is 0 Å². The van der Waals surface area contributed by atoms with Crippen molar-refractivity contribution in [2.24, 2.45) is 0 Å². The Morgan fingerprint density at radius 3 is 2.65 bits per heavy atom. The van der Waals surface area contributed by atoms with Crippen molar-refractivity contribution in [1.29, 1.82) is 0 Å². The summed E-state index contributed by atoms with van der Waals surface area (Å²) in [5.74, 6) is 0.0734. The molecule has 1 aromatic carbocycles. The fourth-order valence-corrected chi connectivity index (χ4v) is 2.79.